The molecule has 1 aromatic carbocycles. The van der Waals surface area contributed by atoms with Gasteiger partial charge in [-0.2, -0.15) is 5.10 Å². The van der Waals surface area contributed by atoms with Gasteiger partial charge in [-0.3, -0.25) is 9.79 Å². The number of aliphatic imine (C=N–C) groups is 2. The van der Waals surface area contributed by atoms with E-state index in [-0.39, 0.29) is 18.4 Å². The fourth-order valence-electron chi connectivity index (χ4n) is 3.71. The van der Waals surface area contributed by atoms with E-state index in [0.717, 1.165) is 11.3 Å². The van der Waals surface area contributed by atoms with E-state index in [1.54, 1.807) is 35.4 Å². The Labute approximate surface area is 209 Å². The lowest BCUT2D eigenvalue weighted by molar-refractivity contribution is -0.151. The van der Waals surface area contributed by atoms with Crippen molar-refractivity contribution in [2.24, 2.45) is 17.0 Å². The number of ether oxygens (including phenoxy) is 1. The van der Waals surface area contributed by atoms with Crippen LogP contribution in [-0.4, -0.2) is 48.2 Å². The Bertz CT molecular complexity index is 1410. The third kappa shape index (κ3) is 5.22. The first kappa shape index (κ1) is 24.9. The predicted octanol–water partition coefficient (Wildman–Crippen LogP) is 3.76. The zero-order valence-corrected chi connectivity index (χ0v) is 21.2. The first-order valence-corrected chi connectivity index (χ1v) is 11.6. The normalized spacial score (nSPS) is 13.7. The van der Waals surface area contributed by atoms with Gasteiger partial charge in [-0.05, 0) is 19.2 Å². The molecular weight excluding hydrogens is 456 g/mol. The van der Waals surface area contributed by atoms with Crippen LogP contribution >= 0.6 is 0 Å². The second-order valence-electron chi connectivity index (χ2n) is 9.91. The summed E-state index contributed by atoms with van der Waals surface area (Å²) in [4.78, 5) is 35.1. The number of imidazole rings is 2. The number of hydrogen-bond donors (Lipinski definition) is 0. The topological polar surface area (TPSA) is 112 Å². The van der Waals surface area contributed by atoms with Gasteiger partial charge in [0.2, 0.25) is 5.95 Å². The Hall–Kier alpha value is -4.21. The van der Waals surface area contributed by atoms with Crippen molar-refractivity contribution in [1.29, 1.82) is 0 Å². The van der Waals surface area contributed by atoms with Crippen LogP contribution in [0.15, 0.2) is 58.9 Å². The molecule has 0 N–H and O–H groups in total. The number of carbonyl (C=O) groups is 1. The molecule has 186 valence electrons. The molecule has 10 nitrogen and oxygen atoms in total. The summed E-state index contributed by atoms with van der Waals surface area (Å²) in [5.74, 6) is 0.471. The van der Waals surface area contributed by atoms with Gasteiger partial charge in [-0.1, -0.05) is 51.1 Å². The molecule has 3 aromatic heterocycles. The second kappa shape index (κ2) is 9.80. The molecule has 0 aliphatic heterocycles. The minimum Gasteiger partial charge on any atom is -0.460 e. The molecule has 0 saturated heterocycles. The molecule has 0 aliphatic rings. The third-order valence-electron chi connectivity index (χ3n) is 5.87. The maximum atomic E-state index is 13.6. The van der Waals surface area contributed by atoms with E-state index in [2.05, 4.69) is 52.4 Å². The molecule has 1 unspecified atom stereocenters. The van der Waals surface area contributed by atoms with Crippen LogP contribution in [0.5, 0.6) is 0 Å². The highest BCUT2D eigenvalue weighted by atomic mass is 16.5. The van der Waals surface area contributed by atoms with E-state index in [9.17, 15) is 4.79 Å². The Kier molecular flexibility index (Phi) is 6.78. The van der Waals surface area contributed by atoms with E-state index < -0.39 is 11.4 Å². The molecule has 0 aliphatic carbocycles. The Morgan fingerprint density at radius 1 is 1.11 bits per heavy atom. The Balaban J connectivity index is 1.70. The van der Waals surface area contributed by atoms with Gasteiger partial charge in [0.15, 0.2) is 0 Å². The van der Waals surface area contributed by atoms with Gasteiger partial charge in [0.1, 0.15) is 18.4 Å². The number of fused-ring (bicyclic) bond motifs is 1. The maximum Gasteiger partial charge on any atom is 0.318 e. The first-order valence-electron chi connectivity index (χ1n) is 11.6. The fraction of sp³-hybridized carbons (Fsp3) is 0.346. The van der Waals surface area contributed by atoms with Crippen molar-refractivity contribution < 1.29 is 9.53 Å². The van der Waals surface area contributed by atoms with Crippen LogP contribution in [0.25, 0.3) is 5.78 Å². The molecule has 0 bridgehead atoms. The summed E-state index contributed by atoms with van der Waals surface area (Å²) in [6.07, 6.45) is 6.79. The Morgan fingerprint density at radius 2 is 1.86 bits per heavy atom. The smallest absolute Gasteiger partial charge is 0.318 e. The molecule has 0 amide bonds. The number of esters is 1. The van der Waals surface area contributed by atoms with Crippen molar-refractivity contribution >= 4 is 30.8 Å². The van der Waals surface area contributed by atoms with Crippen molar-refractivity contribution in [3.8, 4) is 0 Å². The summed E-state index contributed by atoms with van der Waals surface area (Å²) in [6.45, 7) is 11.6. The summed E-state index contributed by atoms with van der Waals surface area (Å²) in [6, 6.07) is 9.54. The molecule has 3 heterocycles. The van der Waals surface area contributed by atoms with Gasteiger partial charge in [-0.15, -0.1) is 0 Å². The number of aryl methyl sites for hydroxylation is 1. The molecule has 10 heteroatoms. The number of nitrogens with zero attached hydrogens (tertiary/aromatic N) is 8. The van der Waals surface area contributed by atoms with E-state index >= 15 is 0 Å². The van der Waals surface area contributed by atoms with Crippen LogP contribution in [-0.2, 0) is 40.4 Å². The average molecular weight is 487 g/mol. The van der Waals surface area contributed by atoms with Gasteiger partial charge >= 0.3 is 5.97 Å². The molecule has 1 atom stereocenters. The lowest BCUT2D eigenvalue weighted by atomic mass is 9.82. The number of aromatic nitrogens is 6. The zero-order valence-electron chi connectivity index (χ0n) is 21.2. The molecule has 0 radical (unpaired) electrons. The third-order valence-corrected chi connectivity index (χ3v) is 5.87. The van der Waals surface area contributed by atoms with Gasteiger partial charge in [0.05, 0.1) is 29.5 Å². The van der Waals surface area contributed by atoms with Gasteiger partial charge < -0.3 is 9.30 Å². The van der Waals surface area contributed by atoms with Crippen molar-refractivity contribution in [2.45, 2.75) is 51.6 Å². The van der Waals surface area contributed by atoms with Gasteiger partial charge in [0, 0.05) is 25.1 Å². The van der Waals surface area contributed by atoms with Crippen LogP contribution in [0.1, 0.15) is 50.3 Å². The van der Waals surface area contributed by atoms with E-state index in [1.165, 1.54) is 6.34 Å². The molecule has 4 rings (SSSR count). The number of rotatable bonds is 8. The monoisotopic (exact) mass is 486 g/mol. The lowest BCUT2D eigenvalue weighted by Gasteiger charge is -2.25. The minimum absolute atomic E-state index is 0.142. The molecular formula is C26H30N8O2. The number of hydrogen-bond acceptors (Lipinski definition) is 7. The van der Waals surface area contributed by atoms with Crippen LogP contribution in [0, 0.1) is 0 Å². The van der Waals surface area contributed by atoms with Gasteiger partial charge in [-0.25, -0.2) is 24.5 Å². The lowest BCUT2D eigenvalue weighted by Crippen LogP contribution is -2.37. The quantitative estimate of drug-likeness (QED) is 0.213. The fourth-order valence-corrected chi connectivity index (χ4v) is 3.71. The van der Waals surface area contributed by atoms with E-state index in [1.807, 2.05) is 36.5 Å². The number of carbonyl (C=O) groups excluding carboxylic acids is 1. The Morgan fingerprint density at radius 3 is 2.56 bits per heavy atom. The molecule has 0 saturated carbocycles. The van der Waals surface area contributed by atoms with E-state index in [4.69, 9.17) is 9.84 Å². The molecule has 0 spiro atoms. The maximum absolute atomic E-state index is 13.6. The highest BCUT2D eigenvalue weighted by Gasteiger charge is 2.41. The zero-order chi connectivity index (χ0) is 25.9. The second-order valence-corrected chi connectivity index (χ2v) is 9.91. The summed E-state index contributed by atoms with van der Waals surface area (Å²) in [7, 11) is 1.80. The van der Waals surface area contributed by atoms with Gasteiger partial charge in [0.25, 0.3) is 5.78 Å². The van der Waals surface area contributed by atoms with Crippen molar-refractivity contribution in [3.05, 3.63) is 71.6 Å². The number of benzene rings is 1. The highest BCUT2D eigenvalue weighted by Crippen LogP contribution is 2.31. The summed E-state index contributed by atoms with van der Waals surface area (Å²) < 4.78 is 9.13. The summed E-state index contributed by atoms with van der Waals surface area (Å²) in [5.41, 5.74) is 1.58. The highest BCUT2D eigenvalue weighted by molar-refractivity contribution is 5.82. The van der Waals surface area contributed by atoms with Crippen molar-refractivity contribution in [3.63, 3.8) is 0 Å². The van der Waals surface area contributed by atoms with Crippen LogP contribution in [0.4, 0.5) is 5.95 Å². The largest absolute Gasteiger partial charge is 0.460 e. The average Bonchev–Trinajstić information content (AvgIpc) is 3.45. The first-order chi connectivity index (χ1) is 17.1. The summed E-state index contributed by atoms with van der Waals surface area (Å²) in [5, 5.41) is 4.70. The molecule has 0 fully saturated rings. The molecule has 36 heavy (non-hydrogen) atoms. The SMILES string of the molecule is C=NC=Nc1nc(C(C)(Cc2cnc3nc(C(C)(C)C)cn3n2)C(=O)OCc2ccccc2)cn1C. The minimum atomic E-state index is -1.16. The standard InChI is InChI=1S/C26H30N8O2/c1-25(2,3)20-15-34-24(30-20)28-13-19(32-34)12-26(4,21-14-33(6)23(31-21)29-17-27-5)22(35)36-16-18-10-8-7-9-11-18/h7-11,13-15,17H,5,12,16H2,1-4,6H3. The van der Waals surface area contributed by atoms with Crippen molar-refractivity contribution in [2.75, 3.05) is 0 Å². The summed E-state index contributed by atoms with van der Waals surface area (Å²) >= 11 is 0. The predicted molar refractivity (Wildman–Crippen MR) is 138 cm³/mol. The molecule has 4 aromatic rings. The van der Waals surface area contributed by atoms with E-state index in [0.29, 0.717) is 23.1 Å². The van der Waals surface area contributed by atoms with Crippen LogP contribution in [0.2, 0.25) is 0 Å². The van der Waals surface area contributed by atoms with Crippen molar-refractivity contribution in [1.82, 2.24) is 29.1 Å². The van der Waals surface area contributed by atoms with Crippen LogP contribution in [0.3, 0.4) is 0 Å². The van der Waals surface area contributed by atoms with Crippen LogP contribution < -0.4 is 0 Å².